The number of hydrogen-bond acceptors (Lipinski definition) is 3. The number of methoxy groups -OCH3 is 1. The molecule has 2 N–H and O–H groups in total. The highest BCUT2D eigenvalue weighted by Gasteiger charge is 2.35. The van der Waals surface area contributed by atoms with E-state index in [2.05, 4.69) is 21.2 Å². The van der Waals surface area contributed by atoms with Crippen LogP contribution in [0.15, 0.2) is 22.7 Å². The number of rotatable bonds is 4. The molecule has 2 amide bonds. The summed E-state index contributed by atoms with van der Waals surface area (Å²) in [6, 6.07) is 4.62. The van der Waals surface area contributed by atoms with Gasteiger partial charge in [-0.2, -0.15) is 0 Å². The minimum absolute atomic E-state index is 0.458. The maximum Gasteiger partial charge on any atom is 0.329 e. The number of hydrogen-bond donors (Lipinski definition) is 2. The van der Waals surface area contributed by atoms with Crippen LogP contribution in [0.4, 0.5) is 10.5 Å². The maximum atomic E-state index is 12.1. The van der Waals surface area contributed by atoms with Crippen LogP contribution in [0.2, 0.25) is 0 Å². The first-order valence-corrected chi connectivity index (χ1v) is 6.61. The standard InChI is InChI=1S/C13H17BrN2O4/c1-13(2,11(17)18)16(3)12(19)15-9-7-8(14)5-6-10(9)20-4/h5-7H,1-4H3,(H,15,19)(H,17,18). The zero-order valence-corrected chi connectivity index (χ0v) is 13.3. The Kier molecular flexibility index (Phi) is 4.99. The molecule has 0 aromatic heterocycles. The largest absolute Gasteiger partial charge is 0.495 e. The number of carbonyl (C=O) groups excluding carboxylic acids is 1. The Morgan fingerprint density at radius 2 is 2.00 bits per heavy atom. The van der Waals surface area contributed by atoms with Crippen LogP contribution in [-0.2, 0) is 4.79 Å². The lowest BCUT2D eigenvalue weighted by atomic mass is 10.1. The van der Waals surface area contributed by atoms with E-state index >= 15 is 0 Å². The Morgan fingerprint density at radius 3 is 2.50 bits per heavy atom. The third-order valence-electron chi connectivity index (χ3n) is 3.07. The van der Waals surface area contributed by atoms with Gasteiger partial charge in [0.05, 0.1) is 12.8 Å². The first kappa shape index (κ1) is 16.3. The smallest absolute Gasteiger partial charge is 0.329 e. The van der Waals surface area contributed by atoms with E-state index in [-0.39, 0.29) is 0 Å². The van der Waals surface area contributed by atoms with Crippen LogP contribution in [0.3, 0.4) is 0 Å². The van der Waals surface area contributed by atoms with Gasteiger partial charge in [-0.25, -0.2) is 9.59 Å². The third-order valence-corrected chi connectivity index (χ3v) is 3.56. The van der Waals surface area contributed by atoms with Crippen LogP contribution in [0, 0.1) is 0 Å². The monoisotopic (exact) mass is 344 g/mol. The lowest BCUT2D eigenvalue weighted by molar-refractivity contribution is -0.146. The molecule has 0 saturated carbocycles. The highest BCUT2D eigenvalue weighted by atomic mass is 79.9. The van der Waals surface area contributed by atoms with Crippen molar-refractivity contribution in [3.63, 3.8) is 0 Å². The average molecular weight is 345 g/mol. The summed E-state index contributed by atoms with van der Waals surface area (Å²) in [5, 5.41) is 11.7. The highest BCUT2D eigenvalue weighted by molar-refractivity contribution is 9.10. The van der Waals surface area contributed by atoms with Crippen molar-refractivity contribution in [1.82, 2.24) is 4.90 Å². The number of ether oxygens (including phenoxy) is 1. The topological polar surface area (TPSA) is 78.9 Å². The van der Waals surface area contributed by atoms with Gasteiger partial charge in [0.15, 0.2) is 0 Å². The molecule has 0 radical (unpaired) electrons. The molecule has 0 atom stereocenters. The lowest BCUT2D eigenvalue weighted by Gasteiger charge is -2.31. The molecule has 0 bridgehead atoms. The molecular formula is C13H17BrN2O4. The number of aliphatic carboxylic acids is 1. The van der Waals surface area contributed by atoms with Crippen LogP contribution in [-0.4, -0.2) is 41.7 Å². The fourth-order valence-electron chi connectivity index (χ4n) is 1.37. The average Bonchev–Trinajstić information content (AvgIpc) is 2.37. The van der Waals surface area contributed by atoms with Gasteiger partial charge in [-0.1, -0.05) is 15.9 Å². The minimum atomic E-state index is -1.32. The Hall–Kier alpha value is -1.76. The van der Waals surface area contributed by atoms with Gasteiger partial charge in [-0.05, 0) is 32.0 Å². The second kappa shape index (κ2) is 6.13. The molecule has 20 heavy (non-hydrogen) atoms. The van der Waals surface area contributed by atoms with Crippen molar-refractivity contribution in [3.8, 4) is 5.75 Å². The van der Waals surface area contributed by atoms with E-state index in [9.17, 15) is 9.59 Å². The summed E-state index contributed by atoms with van der Waals surface area (Å²) >= 11 is 3.30. The predicted octanol–water partition coefficient (Wildman–Crippen LogP) is 2.78. The van der Waals surface area contributed by atoms with Crippen LogP contribution in [0.25, 0.3) is 0 Å². The molecule has 0 spiro atoms. The van der Waals surface area contributed by atoms with Crippen LogP contribution in [0.1, 0.15) is 13.8 Å². The Bertz CT molecular complexity index is 531. The van der Waals surface area contributed by atoms with Crippen molar-refractivity contribution < 1.29 is 19.4 Å². The molecule has 1 aromatic carbocycles. The molecule has 0 aliphatic carbocycles. The zero-order chi connectivity index (χ0) is 15.5. The van der Waals surface area contributed by atoms with Crippen LogP contribution in [0.5, 0.6) is 5.75 Å². The van der Waals surface area contributed by atoms with Crippen molar-refractivity contribution in [1.29, 1.82) is 0 Å². The van der Waals surface area contributed by atoms with Crippen molar-refractivity contribution >= 4 is 33.6 Å². The lowest BCUT2D eigenvalue weighted by Crippen LogP contribution is -2.52. The second-order valence-electron chi connectivity index (χ2n) is 4.70. The van der Waals surface area contributed by atoms with E-state index in [1.807, 2.05) is 0 Å². The summed E-state index contributed by atoms with van der Waals surface area (Å²) in [6.45, 7) is 2.90. The van der Waals surface area contributed by atoms with Crippen molar-refractivity contribution in [2.24, 2.45) is 0 Å². The molecule has 0 aliphatic heterocycles. The summed E-state index contributed by atoms with van der Waals surface area (Å²) in [5.41, 5.74) is -0.858. The molecule has 0 fully saturated rings. The Labute approximate surface area is 125 Å². The SMILES string of the molecule is COc1ccc(Br)cc1NC(=O)N(C)C(C)(C)C(=O)O. The minimum Gasteiger partial charge on any atom is -0.495 e. The van der Waals surface area contributed by atoms with Crippen LogP contribution < -0.4 is 10.1 Å². The number of carboxylic acids is 1. The van der Waals surface area contributed by atoms with Crippen LogP contribution >= 0.6 is 15.9 Å². The number of amides is 2. The molecule has 7 heteroatoms. The quantitative estimate of drug-likeness (QED) is 0.880. The van der Waals surface area contributed by atoms with E-state index in [1.54, 1.807) is 18.2 Å². The summed E-state index contributed by atoms with van der Waals surface area (Å²) in [6.07, 6.45) is 0. The van der Waals surface area contributed by atoms with Crippen molar-refractivity contribution in [2.45, 2.75) is 19.4 Å². The van der Waals surface area contributed by atoms with Gasteiger partial charge in [0.25, 0.3) is 0 Å². The third kappa shape index (κ3) is 3.41. The van der Waals surface area contributed by atoms with Gasteiger partial charge in [0, 0.05) is 11.5 Å². The number of anilines is 1. The molecule has 110 valence electrons. The van der Waals surface area contributed by atoms with Gasteiger partial charge in [0.1, 0.15) is 11.3 Å². The summed E-state index contributed by atoms with van der Waals surface area (Å²) in [5.74, 6) is -0.598. The maximum absolute atomic E-state index is 12.1. The number of halogens is 1. The summed E-state index contributed by atoms with van der Waals surface area (Å²) < 4.78 is 5.92. The van der Waals surface area contributed by atoms with Gasteiger partial charge in [-0.3, -0.25) is 0 Å². The molecular weight excluding hydrogens is 328 g/mol. The van der Waals surface area contributed by atoms with Crippen molar-refractivity contribution in [3.05, 3.63) is 22.7 Å². The first-order chi connectivity index (χ1) is 9.20. The summed E-state index contributed by atoms with van der Waals surface area (Å²) in [7, 11) is 2.91. The fourth-order valence-corrected chi connectivity index (χ4v) is 1.74. The van der Waals surface area contributed by atoms with E-state index in [1.165, 1.54) is 28.0 Å². The fraction of sp³-hybridized carbons (Fsp3) is 0.385. The number of urea groups is 1. The molecule has 0 aliphatic rings. The van der Waals surface area contributed by atoms with Gasteiger partial charge in [-0.15, -0.1) is 0 Å². The van der Waals surface area contributed by atoms with E-state index in [4.69, 9.17) is 9.84 Å². The number of carbonyl (C=O) groups is 2. The highest BCUT2D eigenvalue weighted by Crippen LogP contribution is 2.28. The van der Waals surface area contributed by atoms with E-state index in [0.717, 1.165) is 9.37 Å². The number of likely N-dealkylation sites (N-methyl/N-ethyl adjacent to an activating group) is 1. The zero-order valence-electron chi connectivity index (χ0n) is 11.7. The molecule has 0 saturated heterocycles. The molecule has 0 heterocycles. The summed E-state index contributed by atoms with van der Waals surface area (Å²) in [4.78, 5) is 24.4. The van der Waals surface area contributed by atoms with Gasteiger partial charge in [0.2, 0.25) is 0 Å². The van der Waals surface area contributed by atoms with E-state index in [0.29, 0.717) is 11.4 Å². The molecule has 1 aromatic rings. The van der Waals surface area contributed by atoms with Crippen molar-refractivity contribution in [2.75, 3.05) is 19.5 Å². The molecule has 1 rings (SSSR count). The molecule has 0 unspecified atom stereocenters. The van der Waals surface area contributed by atoms with Gasteiger partial charge < -0.3 is 20.1 Å². The van der Waals surface area contributed by atoms with E-state index < -0.39 is 17.5 Å². The normalized spacial score (nSPS) is 10.8. The second-order valence-corrected chi connectivity index (χ2v) is 5.61. The first-order valence-electron chi connectivity index (χ1n) is 5.82. The Morgan fingerprint density at radius 1 is 1.40 bits per heavy atom. The number of carboxylic acid groups (broad SMARTS) is 1. The number of benzene rings is 1. The number of nitrogens with zero attached hydrogens (tertiary/aromatic N) is 1. The molecule has 6 nitrogen and oxygen atoms in total. The van der Waals surface area contributed by atoms with Gasteiger partial charge >= 0.3 is 12.0 Å². The Balaban J connectivity index is 2.96. The predicted molar refractivity (Wildman–Crippen MR) is 79.2 cm³/mol. The number of nitrogens with one attached hydrogen (secondary N) is 1.